The van der Waals surface area contributed by atoms with E-state index >= 15 is 0 Å². The van der Waals surface area contributed by atoms with Gasteiger partial charge in [-0.1, -0.05) is 115 Å². The summed E-state index contributed by atoms with van der Waals surface area (Å²) in [5.41, 5.74) is 13.2. The van der Waals surface area contributed by atoms with Gasteiger partial charge in [-0.15, -0.1) is 0 Å². The summed E-state index contributed by atoms with van der Waals surface area (Å²) < 4.78 is 6.75. The van der Waals surface area contributed by atoms with Crippen LogP contribution in [0.1, 0.15) is 0 Å². The lowest BCUT2D eigenvalue weighted by molar-refractivity contribution is 1.06. The van der Waals surface area contributed by atoms with Gasteiger partial charge in [0, 0.05) is 22.4 Å². The number of nitrogens with zero attached hydrogens (tertiary/aromatic N) is 6. The molecule has 6 heteroatoms. The van der Waals surface area contributed by atoms with Gasteiger partial charge >= 0.3 is 0 Å². The third-order valence-electron chi connectivity index (χ3n) is 9.53. The van der Waals surface area contributed by atoms with Crippen molar-refractivity contribution >= 4 is 33.1 Å². The van der Waals surface area contributed by atoms with Crippen molar-refractivity contribution in [2.75, 3.05) is 0 Å². The van der Waals surface area contributed by atoms with Crippen LogP contribution in [0.2, 0.25) is 0 Å². The normalized spacial score (nSPS) is 11.5. The first-order valence-corrected chi connectivity index (χ1v) is 17.0. The van der Waals surface area contributed by atoms with Crippen molar-refractivity contribution in [1.82, 2.24) is 28.7 Å². The summed E-state index contributed by atoms with van der Waals surface area (Å²) in [6.07, 6.45) is 1.92. The number of hydrogen-bond donors (Lipinski definition) is 0. The lowest BCUT2D eigenvalue weighted by Gasteiger charge is -2.18. The van der Waals surface area contributed by atoms with Crippen LogP contribution in [0.25, 0.3) is 84.1 Å². The summed E-state index contributed by atoms with van der Waals surface area (Å²) in [6, 6.07) is 61.2. The molecule has 0 N–H and O–H groups in total. The predicted octanol–water partition coefficient (Wildman–Crippen LogP) is 10.7. The monoisotopic (exact) mass is 654 g/mol. The molecule has 0 spiro atoms. The summed E-state index contributed by atoms with van der Waals surface area (Å²) in [7, 11) is 0. The van der Waals surface area contributed by atoms with Crippen molar-refractivity contribution in [2.24, 2.45) is 0 Å². The van der Waals surface area contributed by atoms with Gasteiger partial charge in [0.15, 0.2) is 0 Å². The third kappa shape index (κ3) is 4.84. The van der Waals surface area contributed by atoms with Gasteiger partial charge in [-0.05, 0) is 66.2 Å². The van der Waals surface area contributed by atoms with Crippen LogP contribution in [0.5, 0.6) is 0 Å². The van der Waals surface area contributed by atoms with Gasteiger partial charge in [0.2, 0.25) is 0 Å². The maximum Gasteiger partial charge on any atom is 0.145 e. The minimum Gasteiger partial charge on any atom is -0.299 e. The number of fused-ring (bicyclic) bond motifs is 3. The van der Waals surface area contributed by atoms with Gasteiger partial charge < -0.3 is 0 Å². The number of imidazole rings is 3. The van der Waals surface area contributed by atoms with Gasteiger partial charge in [0.1, 0.15) is 18.0 Å². The minimum atomic E-state index is 0.885. The summed E-state index contributed by atoms with van der Waals surface area (Å²) in [4.78, 5) is 15.1. The molecule has 0 aliphatic rings. The largest absolute Gasteiger partial charge is 0.299 e. The Morgan fingerprint density at radius 3 is 1.57 bits per heavy atom. The molecule has 7 aromatic carbocycles. The predicted molar refractivity (Wildman–Crippen MR) is 207 cm³/mol. The smallest absolute Gasteiger partial charge is 0.145 e. The minimum absolute atomic E-state index is 0.885. The van der Waals surface area contributed by atoms with E-state index in [2.05, 4.69) is 159 Å². The number of rotatable bonds is 6. The van der Waals surface area contributed by atoms with Gasteiger partial charge in [-0.3, -0.25) is 13.7 Å². The topological polar surface area (TPSA) is 53.5 Å². The van der Waals surface area contributed by atoms with E-state index in [4.69, 9.17) is 15.0 Å². The zero-order valence-electron chi connectivity index (χ0n) is 27.5. The quantitative estimate of drug-likeness (QED) is 0.179. The Hall–Kier alpha value is -7.05. The van der Waals surface area contributed by atoms with Crippen molar-refractivity contribution < 1.29 is 0 Å². The second-order valence-electron chi connectivity index (χ2n) is 12.6. The molecule has 0 fully saturated rings. The average molecular weight is 655 g/mol. The van der Waals surface area contributed by atoms with Crippen LogP contribution in [0, 0.1) is 0 Å². The highest BCUT2D eigenvalue weighted by molar-refractivity contribution is 5.89. The summed E-state index contributed by atoms with van der Waals surface area (Å²) in [6.45, 7) is 0. The molecule has 0 unspecified atom stereocenters. The fourth-order valence-corrected chi connectivity index (χ4v) is 7.22. The van der Waals surface area contributed by atoms with Crippen molar-refractivity contribution in [1.29, 1.82) is 0 Å². The summed E-state index contributed by atoms with van der Waals surface area (Å²) in [5, 5.41) is 0. The van der Waals surface area contributed by atoms with E-state index < -0.39 is 0 Å². The van der Waals surface area contributed by atoms with E-state index in [1.54, 1.807) is 0 Å². The molecule has 0 aliphatic heterocycles. The molecule has 0 atom stereocenters. The SMILES string of the molecule is c1ccc(-c2nc3ccccc3n2-c2cc(-c3ccccc3-n3c(-c4ccccc4)nc4ccccc43)cc(-n3cnc4ccccc43)c2)cc1. The van der Waals surface area contributed by atoms with Crippen LogP contribution in [0.15, 0.2) is 182 Å². The molecule has 0 amide bonds. The Bertz CT molecular complexity index is 2860. The fourth-order valence-electron chi connectivity index (χ4n) is 7.22. The zero-order chi connectivity index (χ0) is 33.7. The van der Waals surface area contributed by atoms with Gasteiger partial charge in [0.05, 0.1) is 44.5 Å². The second kappa shape index (κ2) is 11.8. The highest BCUT2D eigenvalue weighted by Gasteiger charge is 2.20. The Balaban J connectivity index is 1.28. The van der Waals surface area contributed by atoms with Crippen LogP contribution in [-0.2, 0) is 0 Å². The molecule has 10 aromatic rings. The average Bonchev–Trinajstić information content (AvgIpc) is 3.92. The van der Waals surface area contributed by atoms with E-state index in [0.717, 1.165) is 84.1 Å². The molecule has 6 nitrogen and oxygen atoms in total. The highest BCUT2D eigenvalue weighted by Crippen LogP contribution is 2.38. The molecule has 240 valence electrons. The van der Waals surface area contributed by atoms with Crippen LogP contribution in [-0.4, -0.2) is 28.7 Å². The molecule has 0 radical (unpaired) electrons. The van der Waals surface area contributed by atoms with E-state index in [0.29, 0.717) is 0 Å². The molecule has 0 aliphatic carbocycles. The van der Waals surface area contributed by atoms with E-state index in [-0.39, 0.29) is 0 Å². The maximum absolute atomic E-state index is 5.17. The lowest BCUT2D eigenvalue weighted by atomic mass is 10.0. The van der Waals surface area contributed by atoms with Gasteiger partial charge in [-0.2, -0.15) is 0 Å². The molecular weight excluding hydrogens is 625 g/mol. The molecule has 3 aromatic heterocycles. The van der Waals surface area contributed by atoms with Crippen molar-refractivity contribution in [3.05, 3.63) is 182 Å². The standard InChI is InChI=1S/C45H30N6/c1-3-15-31(16-4-1)44-47-38-21-9-13-25-42(38)50(44)35-28-33(27-34(29-35)49-30-46-37-20-8-12-24-41(37)49)36-19-7-11-23-40(36)51-43-26-14-10-22-39(43)48-45(51)32-17-5-2-6-18-32/h1-30H. The molecular formula is C45H30N6. The Kier molecular flexibility index (Phi) is 6.70. The Morgan fingerprint density at radius 1 is 0.373 bits per heavy atom. The van der Waals surface area contributed by atoms with Gasteiger partial charge in [0.25, 0.3) is 0 Å². The van der Waals surface area contributed by atoms with Crippen LogP contribution in [0.4, 0.5) is 0 Å². The zero-order valence-corrected chi connectivity index (χ0v) is 27.5. The molecule has 0 bridgehead atoms. The molecule has 3 heterocycles. The van der Waals surface area contributed by atoms with Crippen LogP contribution >= 0.6 is 0 Å². The molecule has 51 heavy (non-hydrogen) atoms. The first-order valence-electron chi connectivity index (χ1n) is 17.0. The van der Waals surface area contributed by atoms with Crippen LogP contribution < -0.4 is 0 Å². The highest BCUT2D eigenvalue weighted by atomic mass is 15.1. The first kappa shape index (κ1) is 28.9. The maximum atomic E-state index is 5.17. The number of hydrogen-bond acceptors (Lipinski definition) is 3. The third-order valence-corrected chi connectivity index (χ3v) is 9.53. The number of para-hydroxylation sites is 7. The second-order valence-corrected chi connectivity index (χ2v) is 12.6. The number of aromatic nitrogens is 6. The van der Waals surface area contributed by atoms with Crippen molar-refractivity contribution in [3.8, 4) is 51.0 Å². The van der Waals surface area contributed by atoms with Gasteiger partial charge in [-0.25, -0.2) is 15.0 Å². The number of benzene rings is 7. The Labute approximate surface area is 294 Å². The summed E-state index contributed by atoms with van der Waals surface area (Å²) >= 11 is 0. The Morgan fingerprint density at radius 2 is 0.882 bits per heavy atom. The molecule has 0 saturated carbocycles. The van der Waals surface area contributed by atoms with Crippen LogP contribution in [0.3, 0.4) is 0 Å². The fraction of sp³-hybridized carbons (Fsp3) is 0. The lowest BCUT2D eigenvalue weighted by Crippen LogP contribution is -2.03. The summed E-state index contributed by atoms with van der Waals surface area (Å²) in [5.74, 6) is 1.78. The molecule has 0 saturated heterocycles. The van der Waals surface area contributed by atoms with Crippen molar-refractivity contribution in [3.63, 3.8) is 0 Å². The van der Waals surface area contributed by atoms with E-state index in [9.17, 15) is 0 Å². The van der Waals surface area contributed by atoms with E-state index in [1.807, 2.05) is 36.7 Å². The molecule has 10 rings (SSSR count). The first-order chi connectivity index (χ1) is 25.3. The van der Waals surface area contributed by atoms with E-state index in [1.165, 1.54) is 0 Å². The van der Waals surface area contributed by atoms with Crippen molar-refractivity contribution in [2.45, 2.75) is 0 Å².